The molecule has 1 saturated heterocycles. The Balaban J connectivity index is 1.41. The van der Waals surface area contributed by atoms with Crippen LogP contribution < -0.4 is 0 Å². The number of fused-ring (bicyclic) bond motifs is 5. The first-order chi connectivity index (χ1) is 15.8. The maximum atomic E-state index is 13.3. The van der Waals surface area contributed by atoms with E-state index < -0.39 is 23.7 Å². The fourth-order valence-corrected chi connectivity index (χ4v) is 7.83. The lowest BCUT2D eigenvalue weighted by Crippen LogP contribution is -2.62. The molecule has 4 saturated carbocycles. The van der Waals surface area contributed by atoms with E-state index in [-0.39, 0.29) is 41.7 Å². The van der Waals surface area contributed by atoms with Gasteiger partial charge in [-0.15, -0.1) is 0 Å². The lowest BCUT2D eigenvalue weighted by molar-refractivity contribution is -0.207. The number of ether oxygens (including phenoxy) is 2. The van der Waals surface area contributed by atoms with Gasteiger partial charge in [0.15, 0.2) is 23.5 Å². The van der Waals surface area contributed by atoms with E-state index in [1.165, 1.54) is 0 Å². The Morgan fingerprint density at radius 1 is 1.21 bits per heavy atom. The number of rotatable bonds is 6. The fourth-order valence-electron chi connectivity index (χ4n) is 7.83. The van der Waals surface area contributed by atoms with Gasteiger partial charge in [0.1, 0.15) is 6.61 Å². The Morgan fingerprint density at radius 3 is 2.67 bits per heavy atom. The summed E-state index contributed by atoms with van der Waals surface area (Å²) in [4.78, 5) is 25.5. The van der Waals surface area contributed by atoms with Crippen LogP contribution in [-0.2, 0) is 19.1 Å². The lowest BCUT2D eigenvalue weighted by Gasteiger charge is -2.55. The molecule has 2 unspecified atom stereocenters. The third-order valence-corrected chi connectivity index (χ3v) is 9.64. The van der Waals surface area contributed by atoms with Crippen molar-refractivity contribution in [3.05, 3.63) is 23.8 Å². The summed E-state index contributed by atoms with van der Waals surface area (Å²) in [6.07, 6.45) is 11.7. The number of aliphatic hydroxyl groups is 2. The van der Waals surface area contributed by atoms with Crippen molar-refractivity contribution < 1.29 is 29.3 Å². The summed E-state index contributed by atoms with van der Waals surface area (Å²) in [6, 6.07) is 0. The minimum absolute atomic E-state index is 0.0205. The number of allylic oxidation sites excluding steroid dienone is 4. The van der Waals surface area contributed by atoms with Gasteiger partial charge in [-0.1, -0.05) is 31.9 Å². The molecular weight excluding hydrogens is 420 g/mol. The Bertz CT molecular complexity index is 859. The molecule has 0 bridgehead atoms. The van der Waals surface area contributed by atoms with Crippen LogP contribution in [0.4, 0.5) is 0 Å². The van der Waals surface area contributed by atoms with Gasteiger partial charge >= 0.3 is 0 Å². The van der Waals surface area contributed by atoms with Gasteiger partial charge in [0.05, 0.1) is 12.2 Å². The van der Waals surface area contributed by atoms with E-state index in [4.69, 9.17) is 9.47 Å². The number of aliphatic hydroxyl groups excluding tert-OH is 2. The molecule has 0 amide bonds. The molecule has 0 aromatic heterocycles. The molecule has 4 aliphatic carbocycles. The molecule has 5 fully saturated rings. The number of carbonyl (C=O) groups is 2. The van der Waals surface area contributed by atoms with Gasteiger partial charge in [-0.2, -0.15) is 0 Å². The molecule has 182 valence electrons. The first-order valence-electron chi connectivity index (χ1n) is 12.9. The Morgan fingerprint density at radius 2 is 2.00 bits per heavy atom. The molecule has 6 heteroatoms. The Labute approximate surface area is 196 Å². The number of Topliss-reactive ketones (excluding diaryl/α,β-unsaturated/α-hetero) is 1. The van der Waals surface area contributed by atoms with Crippen molar-refractivity contribution in [2.24, 2.45) is 29.1 Å². The van der Waals surface area contributed by atoms with E-state index in [0.717, 1.165) is 56.9 Å². The van der Waals surface area contributed by atoms with Crippen LogP contribution in [0, 0.1) is 29.1 Å². The first-order valence-corrected chi connectivity index (χ1v) is 12.9. The van der Waals surface area contributed by atoms with Crippen LogP contribution in [0.3, 0.4) is 0 Å². The quantitative estimate of drug-likeness (QED) is 0.592. The van der Waals surface area contributed by atoms with Crippen LogP contribution >= 0.6 is 0 Å². The highest BCUT2D eigenvalue weighted by molar-refractivity contribution is 5.99. The number of carbonyl (C=O) groups excluding carboxylic acids is 2. The normalized spacial score (nSPS) is 46.1. The van der Waals surface area contributed by atoms with E-state index in [2.05, 4.69) is 6.92 Å². The number of ketones is 2. The molecule has 5 aliphatic rings. The molecule has 33 heavy (non-hydrogen) atoms. The van der Waals surface area contributed by atoms with Crippen molar-refractivity contribution in [3.8, 4) is 0 Å². The van der Waals surface area contributed by atoms with Crippen LogP contribution in [0.1, 0.15) is 71.6 Å². The second kappa shape index (κ2) is 8.71. The fraction of sp³-hybridized carbons (Fsp3) is 0.778. The topological polar surface area (TPSA) is 93.1 Å². The lowest BCUT2D eigenvalue weighted by atomic mass is 9.52. The predicted molar refractivity (Wildman–Crippen MR) is 122 cm³/mol. The maximum absolute atomic E-state index is 13.3. The van der Waals surface area contributed by atoms with Crippen LogP contribution in [0.15, 0.2) is 23.8 Å². The molecule has 0 radical (unpaired) electrons. The maximum Gasteiger partial charge on any atom is 0.193 e. The standard InChI is InChI=1S/C27H38O6/c1-3-4-8-18(29)11-16-9-10-19-20(12-16)22(30)14-26(2)21(19)13-24-27(26,23(31)15-28)33-25(32-24)17-6-5-7-17/h4,8,11,17,19-22,24-25,28,30H,3,5-7,9-10,12-15H2,1-2H3/b8-4-,16-11-/t19-,20?,21?,22+,24-,25-,26+,27-/m1/s1. The molecule has 0 spiro atoms. The van der Waals surface area contributed by atoms with Gasteiger partial charge in [-0.25, -0.2) is 0 Å². The van der Waals surface area contributed by atoms with Crippen molar-refractivity contribution in [2.75, 3.05) is 6.61 Å². The molecular formula is C27H38O6. The van der Waals surface area contributed by atoms with E-state index in [0.29, 0.717) is 12.3 Å². The third kappa shape index (κ3) is 3.51. The van der Waals surface area contributed by atoms with Crippen molar-refractivity contribution >= 4 is 11.6 Å². The predicted octanol–water partition coefficient (Wildman–Crippen LogP) is 3.50. The van der Waals surface area contributed by atoms with E-state index in [9.17, 15) is 19.8 Å². The van der Waals surface area contributed by atoms with Crippen molar-refractivity contribution in [3.63, 3.8) is 0 Å². The molecule has 6 nitrogen and oxygen atoms in total. The summed E-state index contributed by atoms with van der Waals surface area (Å²) in [7, 11) is 0. The zero-order valence-electron chi connectivity index (χ0n) is 19.9. The summed E-state index contributed by atoms with van der Waals surface area (Å²) < 4.78 is 12.9. The van der Waals surface area contributed by atoms with Gasteiger partial charge < -0.3 is 19.7 Å². The van der Waals surface area contributed by atoms with Gasteiger partial charge in [0, 0.05) is 11.3 Å². The van der Waals surface area contributed by atoms with Crippen LogP contribution in [0.25, 0.3) is 0 Å². The number of hydrogen-bond acceptors (Lipinski definition) is 6. The van der Waals surface area contributed by atoms with E-state index >= 15 is 0 Å². The Hall–Kier alpha value is -1.34. The minimum Gasteiger partial charge on any atom is -0.393 e. The Kier molecular flexibility index (Phi) is 6.17. The van der Waals surface area contributed by atoms with Gasteiger partial charge in [-0.05, 0) is 81.3 Å². The highest BCUT2D eigenvalue weighted by Crippen LogP contribution is 2.67. The molecule has 1 heterocycles. The van der Waals surface area contributed by atoms with Crippen LogP contribution in [0.5, 0.6) is 0 Å². The minimum atomic E-state index is -1.17. The molecule has 5 rings (SSSR count). The summed E-state index contributed by atoms with van der Waals surface area (Å²) in [5.74, 6) is 0.561. The third-order valence-electron chi connectivity index (χ3n) is 9.64. The summed E-state index contributed by atoms with van der Waals surface area (Å²) in [6.45, 7) is 3.52. The van der Waals surface area contributed by atoms with Crippen LogP contribution in [-0.4, -0.2) is 52.5 Å². The summed E-state index contributed by atoms with van der Waals surface area (Å²) in [5.41, 5.74) is -0.630. The van der Waals surface area contributed by atoms with Crippen LogP contribution in [0.2, 0.25) is 0 Å². The van der Waals surface area contributed by atoms with E-state index in [1.54, 1.807) is 12.2 Å². The van der Waals surface area contributed by atoms with E-state index in [1.807, 2.05) is 13.0 Å². The molecule has 0 aromatic rings. The zero-order chi connectivity index (χ0) is 23.4. The second-order valence-corrected chi connectivity index (χ2v) is 11.2. The molecule has 0 aromatic carbocycles. The molecule has 8 atom stereocenters. The number of hydrogen-bond donors (Lipinski definition) is 2. The van der Waals surface area contributed by atoms with Gasteiger partial charge in [0.25, 0.3) is 0 Å². The van der Waals surface area contributed by atoms with Crippen molar-refractivity contribution in [1.82, 2.24) is 0 Å². The summed E-state index contributed by atoms with van der Waals surface area (Å²) >= 11 is 0. The molecule has 1 aliphatic heterocycles. The zero-order valence-corrected chi connectivity index (χ0v) is 19.9. The first kappa shape index (κ1) is 23.4. The highest BCUT2D eigenvalue weighted by atomic mass is 16.7. The largest absolute Gasteiger partial charge is 0.393 e. The average molecular weight is 459 g/mol. The second-order valence-electron chi connectivity index (χ2n) is 11.2. The van der Waals surface area contributed by atoms with Gasteiger partial charge in [0.2, 0.25) is 0 Å². The van der Waals surface area contributed by atoms with Gasteiger partial charge in [-0.3, -0.25) is 9.59 Å². The SMILES string of the molecule is CC/C=C\C(=O)/C=C1/CC[C@@H]2C(C1)[C@@H](O)C[C@@]1(C)C2C[C@H]2O[C@@H](C3CCC3)O[C@]21C(=O)CO. The monoisotopic (exact) mass is 458 g/mol. The smallest absolute Gasteiger partial charge is 0.193 e. The van der Waals surface area contributed by atoms with Crippen molar-refractivity contribution in [2.45, 2.75) is 95.7 Å². The average Bonchev–Trinajstić information content (AvgIpc) is 3.23. The summed E-state index contributed by atoms with van der Waals surface area (Å²) in [5, 5.41) is 21.3. The van der Waals surface area contributed by atoms with Crippen molar-refractivity contribution in [1.29, 1.82) is 0 Å². The highest BCUT2D eigenvalue weighted by Gasteiger charge is 2.75. The molecule has 2 N–H and O–H groups in total.